The number of rotatable bonds is 3. The van der Waals surface area contributed by atoms with Gasteiger partial charge in [-0.25, -0.2) is 4.90 Å². The Hall–Kier alpha value is -1.99. The van der Waals surface area contributed by atoms with Gasteiger partial charge in [0.2, 0.25) is 0 Å². The van der Waals surface area contributed by atoms with E-state index in [-0.39, 0.29) is 11.8 Å². The molecule has 0 saturated heterocycles. The minimum atomic E-state index is -0.329. The van der Waals surface area contributed by atoms with Gasteiger partial charge in [-0.05, 0) is 19.1 Å². The predicted octanol–water partition coefficient (Wildman–Crippen LogP) is 2.40. The van der Waals surface area contributed by atoms with Gasteiger partial charge in [0, 0.05) is 6.08 Å². The number of benzene rings is 1. The van der Waals surface area contributed by atoms with Crippen LogP contribution in [0.5, 0.6) is 0 Å². The van der Waals surface area contributed by atoms with Crippen LogP contribution in [-0.4, -0.2) is 22.0 Å². The van der Waals surface area contributed by atoms with E-state index in [2.05, 4.69) is 10.2 Å². The van der Waals surface area contributed by atoms with Crippen molar-refractivity contribution in [3.8, 4) is 0 Å². The van der Waals surface area contributed by atoms with Crippen LogP contribution in [0.25, 0.3) is 0 Å². The molecule has 2 aromatic rings. The predicted molar refractivity (Wildman–Crippen MR) is 77.5 cm³/mol. The molecular formula is C13H9N3O2S2. The van der Waals surface area contributed by atoms with Crippen molar-refractivity contribution in [3.05, 3.63) is 46.3 Å². The molecule has 0 aliphatic carbocycles. The molecule has 0 N–H and O–H groups in total. The Kier molecular flexibility index (Phi) is 3.37. The molecule has 0 unspecified atom stereocenters. The third kappa shape index (κ3) is 2.37. The Balaban J connectivity index is 1.84. The maximum absolute atomic E-state index is 12.3. The highest BCUT2D eigenvalue weighted by Crippen LogP contribution is 2.34. The van der Waals surface area contributed by atoms with Crippen molar-refractivity contribution in [2.75, 3.05) is 4.90 Å². The molecule has 0 radical (unpaired) electrons. The zero-order chi connectivity index (χ0) is 14.1. The fourth-order valence-electron chi connectivity index (χ4n) is 1.76. The van der Waals surface area contributed by atoms with E-state index in [0.717, 1.165) is 9.91 Å². The smallest absolute Gasteiger partial charge is 0.269 e. The zero-order valence-electron chi connectivity index (χ0n) is 10.4. The first kappa shape index (κ1) is 13.0. The molecule has 1 aliphatic rings. The number of thioether (sulfide) groups is 1. The number of para-hydroxylation sites is 1. The number of imide groups is 1. The van der Waals surface area contributed by atoms with Crippen LogP contribution in [0.2, 0.25) is 0 Å². The number of aryl methyl sites for hydroxylation is 1. The van der Waals surface area contributed by atoms with E-state index in [9.17, 15) is 9.59 Å². The first-order chi connectivity index (χ1) is 9.65. The van der Waals surface area contributed by atoms with Crippen molar-refractivity contribution in [2.45, 2.75) is 11.3 Å². The van der Waals surface area contributed by atoms with Crippen molar-refractivity contribution >= 4 is 40.6 Å². The molecule has 1 aromatic heterocycles. The summed E-state index contributed by atoms with van der Waals surface area (Å²) in [6.45, 7) is 1.84. The van der Waals surface area contributed by atoms with Gasteiger partial charge >= 0.3 is 0 Å². The normalized spacial score (nSPS) is 14.8. The summed E-state index contributed by atoms with van der Waals surface area (Å²) in [6.07, 6.45) is 1.34. The van der Waals surface area contributed by atoms with Crippen molar-refractivity contribution in [3.63, 3.8) is 0 Å². The summed E-state index contributed by atoms with van der Waals surface area (Å²) in [5, 5.41) is 8.66. The maximum atomic E-state index is 12.3. The van der Waals surface area contributed by atoms with Crippen molar-refractivity contribution in [1.29, 1.82) is 0 Å². The summed E-state index contributed by atoms with van der Waals surface area (Å²) in [4.78, 5) is 25.8. The summed E-state index contributed by atoms with van der Waals surface area (Å²) in [6, 6.07) is 8.87. The van der Waals surface area contributed by atoms with Crippen LogP contribution in [0.1, 0.15) is 5.01 Å². The summed E-state index contributed by atoms with van der Waals surface area (Å²) in [5.74, 6) is -0.649. The van der Waals surface area contributed by atoms with Crippen LogP contribution >= 0.6 is 23.1 Å². The standard InChI is InChI=1S/C13H9N3O2S2/c1-8-14-15-13(19-8)20-10-7-11(17)16(12(10)18)9-5-3-2-4-6-9/h2-7H,1H3. The van der Waals surface area contributed by atoms with Gasteiger partial charge in [0.1, 0.15) is 5.01 Å². The molecular weight excluding hydrogens is 294 g/mol. The lowest BCUT2D eigenvalue weighted by atomic mass is 10.3. The third-order valence-electron chi connectivity index (χ3n) is 2.61. The van der Waals surface area contributed by atoms with E-state index >= 15 is 0 Å². The second-order valence-electron chi connectivity index (χ2n) is 4.01. The molecule has 0 saturated carbocycles. The summed E-state index contributed by atoms with van der Waals surface area (Å²) in [7, 11) is 0. The summed E-state index contributed by atoms with van der Waals surface area (Å²) < 4.78 is 0.657. The molecule has 0 fully saturated rings. The van der Waals surface area contributed by atoms with Gasteiger partial charge in [0.25, 0.3) is 11.8 Å². The highest BCUT2D eigenvalue weighted by Gasteiger charge is 2.33. The number of anilines is 1. The Morgan fingerprint density at radius 1 is 1.15 bits per heavy atom. The maximum Gasteiger partial charge on any atom is 0.272 e. The van der Waals surface area contributed by atoms with Gasteiger partial charge in [-0.15, -0.1) is 10.2 Å². The SMILES string of the molecule is Cc1nnc(SC2=CC(=O)N(c3ccccc3)C2=O)s1. The van der Waals surface area contributed by atoms with Crippen LogP contribution in [0, 0.1) is 6.92 Å². The van der Waals surface area contributed by atoms with Crippen LogP contribution in [0.15, 0.2) is 45.7 Å². The molecule has 1 aliphatic heterocycles. The van der Waals surface area contributed by atoms with Gasteiger partial charge in [0.15, 0.2) is 4.34 Å². The first-order valence-corrected chi connectivity index (χ1v) is 7.41. The molecule has 1 aromatic carbocycles. The van der Waals surface area contributed by atoms with Gasteiger partial charge in [-0.2, -0.15) is 0 Å². The van der Waals surface area contributed by atoms with Gasteiger partial charge in [-0.3, -0.25) is 9.59 Å². The number of nitrogens with zero attached hydrogens (tertiary/aromatic N) is 3. The molecule has 100 valence electrons. The van der Waals surface area contributed by atoms with Crippen LogP contribution < -0.4 is 4.90 Å². The van der Waals surface area contributed by atoms with E-state index in [0.29, 0.717) is 14.9 Å². The second-order valence-corrected chi connectivity index (χ2v) is 6.48. The Bertz CT molecular complexity index is 709. The number of hydrogen-bond acceptors (Lipinski definition) is 6. The van der Waals surface area contributed by atoms with Crippen LogP contribution in [0.3, 0.4) is 0 Å². The topological polar surface area (TPSA) is 63.2 Å². The highest BCUT2D eigenvalue weighted by molar-refractivity contribution is 8.05. The largest absolute Gasteiger partial charge is 0.272 e. The highest BCUT2D eigenvalue weighted by atomic mass is 32.2. The number of hydrogen-bond donors (Lipinski definition) is 0. The monoisotopic (exact) mass is 303 g/mol. The molecule has 20 heavy (non-hydrogen) atoms. The average Bonchev–Trinajstić information content (AvgIpc) is 2.96. The third-order valence-corrected chi connectivity index (χ3v) is 4.51. The van der Waals surface area contributed by atoms with E-state index in [1.54, 1.807) is 24.3 Å². The lowest BCUT2D eigenvalue weighted by Crippen LogP contribution is -2.30. The molecule has 0 spiro atoms. The minimum absolute atomic E-state index is 0.320. The van der Waals surface area contributed by atoms with Gasteiger partial charge in [0.05, 0.1) is 10.6 Å². The molecule has 2 amide bonds. The van der Waals surface area contributed by atoms with Crippen LogP contribution in [-0.2, 0) is 9.59 Å². The van der Waals surface area contributed by atoms with Crippen molar-refractivity contribution < 1.29 is 9.59 Å². The number of amides is 2. The van der Waals surface area contributed by atoms with E-state index in [1.165, 1.54) is 29.2 Å². The average molecular weight is 303 g/mol. The Morgan fingerprint density at radius 2 is 1.90 bits per heavy atom. The molecule has 2 heterocycles. The second kappa shape index (κ2) is 5.18. The Labute approximate surface area is 123 Å². The number of aromatic nitrogens is 2. The van der Waals surface area contributed by atoms with E-state index in [1.807, 2.05) is 13.0 Å². The number of carbonyl (C=O) groups excluding carboxylic acids is 2. The summed E-state index contributed by atoms with van der Waals surface area (Å²) >= 11 is 2.57. The minimum Gasteiger partial charge on any atom is -0.269 e. The Morgan fingerprint density at radius 3 is 2.55 bits per heavy atom. The summed E-state index contributed by atoms with van der Waals surface area (Å²) in [5.41, 5.74) is 0.572. The molecule has 5 nitrogen and oxygen atoms in total. The first-order valence-electron chi connectivity index (χ1n) is 5.78. The lowest BCUT2D eigenvalue weighted by molar-refractivity contribution is -0.120. The van der Waals surface area contributed by atoms with E-state index < -0.39 is 0 Å². The fourth-order valence-corrected chi connectivity index (χ4v) is 3.58. The van der Waals surface area contributed by atoms with Gasteiger partial charge in [-0.1, -0.05) is 41.3 Å². The molecule has 0 atom stereocenters. The molecule has 3 rings (SSSR count). The van der Waals surface area contributed by atoms with Crippen molar-refractivity contribution in [2.24, 2.45) is 0 Å². The van der Waals surface area contributed by atoms with Gasteiger partial charge < -0.3 is 0 Å². The molecule has 0 bridgehead atoms. The molecule has 7 heteroatoms. The van der Waals surface area contributed by atoms with Crippen molar-refractivity contribution in [1.82, 2.24) is 10.2 Å². The van der Waals surface area contributed by atoms with E-state index in [4.69, 9.17) is 0 Å². The van der Waals surface area contributed by atoms with Crippen LogP contribution in [0.4, 0.5) is 5.69 Å². The number of carbonyl (C=O) groups is 2. The zero-order valence-corrected chi connectivity index (χ0v) is 12.1. The fraction of sp³-hybridized carbons (Fsp3) is 0.0769. The lowest BCUT2D eigenvalue weighted by Gasteiger charge is -2.13. The quantitative estimate of drug-likeness (QED) is 0.815.